The zero-order chi connectivity index (χ0) is 5.82. The van der Waals surface area contributed by atoms with Crippen molar-refractivity contribution in [3.05, 3.63) is 18.1 Å². The highest BCUT2D eigenvalue weighted by Crippen LogP contribution is 2.04. The van der Waals surface area contributed by atoms with E-state index in [0.29, 0.717) is 5.69 Å². The van der Waals surface area contributed by atoms with Crippen LogP contribution in [0.15, 0.2) is 27.1 Å². The fourth-order valence-electron chi connectivity index (χ4n) is 0.305. The lowest BCUT2D eigenvalue weighted by Gasteiger charge is -1.73. The Labute approximate surface area is 47.9 Å². The van der Waals surface area contributed by atoms with Crippen LogP contribution >= 0.6 is 8.43 Å². The molecule has 0 radical (unpaired) electrons. The maximum Gasteiger partial charge on any atom is 0.166 e. The lowest BCUT2D eigenvalue weighted by Crippen LogP contribution is -1.76. The standard InChI is InChI=1S/C4H6NO2P/c5-4-1-2-8-7-6-3-4/h1-3,8H,5H2. The first-order valence-electron chi connectivity index (χ1n) is 2.09. The summed E-state index contributed by atoms with van der Waals surface area (Å²) in [5.74, 6) is 1.80. The van der Waals surface area contributed by atoms with Crippen LogP contribution in [0.1, 0.15) is 0 Å². The third-order valence-corrected chi connectivity index (χ3v) is 1.12. The van der Waals surface area contributed by atoms with Gasteiger partial charge in [0.1, 0.15) is 0 Å². The molecule has 0 aromatic carbocycles. The van der Waals surface area contributed by atoms with E-state index in [1.54, 1.807) is 11.9 Å². The molecule has 44 valence electrons. The lowest BCUT2D eigenvalue weighted by molar-refractivity contribution is 0.102. The second-order valence-corrected chi connectivity index (χ2v) is 1.98. The molecule has 3 nitrogen and oxygen atoms in total. The predicted octanol–water partition coefficient (Wildman–Crippen LogP) is 1.61. The minimum absolute atomic E-state index is 0.246. The van der Waals surface area contributed by atoms with Crippen LogP contribution in [0.5, 0.6) is 0 Å². The van der Waals surface area contributed by atoms with E-state index in [9.17, 15) is 0 Å². The van der Waals surface area contributed by atoms with Gasteiger partial charge in [-0.1, -0.05) is 0 Å². The highest BCUT2D eigenvalue weighted by molar-refractivity contribution is 7.21. The highest BCUT2D eigenvalue weighted by Gasteiger charge is 1.74. The van der Waals surface area contributed by atoms with Gasteiger partial charge >= 0.3 is 0 Å². The van der Waals surface area contributed by atoms with Gasteiger partial charge in [-0.15, -0.1) is 0 Å². The Morgan fingerprint density at radius 2 is 2.50 bits per heavy atom. The van der Waals surface area contributed by atoms with Crippen molar-refractivity contribution in [1.82, 2.24) is 0 Å². The van der Waals surface area contributed by atoms with E-state index in [4.69, 9.17) is 5.73 Å². The van der Waals surface area contributed by atoms with Crippen LogP contribution in [0.25, 0.3) is 0 Å². The molecular formula is C4H6NO2P. The van der Waals surface area contributed by atoms with Crippen LogP contribution in [-0.4, -0.2) is 0 Å². The van der Waals surface area contributed by atoms with Crippen LogP contribution < -0.4 is 5.73 Å². The molecule has 1 aromatic rings. The predicted molar refractivity (Wildman–Crippen MR) is 32.5 cm³/mol. The summed E-state index contributed by atoms with van der Waals surface area (Å²) in [4.78, 5) is 0. The number of anilines is 1. The molecule has 0 aliphatic carbocycles. The van der Waals surface area contributed by atoms with E-state index in [1.165, 1.54) is 6.26 Å². The molecule has 0 aliphatic rings. The second-order valence-electron chi connectivity index (χ2n) is 1.25. The van der Waals surface area contributed by atoms with Crippen molar-refractivity contribution in [2.75, 3.05) is 5.73 Å². The topological polar surface area (TPSA) is 52.3 Å². The van der Waals surface area contributed by atoms with Crippen LogP contribution in [0.2, 0.25) is 0 Å². The average Bonchev–Trinajstić information content (AvgIpc) is 1.94. The summed E-state index contributed by atoms with van der Waals surface area (Å²) < 4.78 is 9.02. The monoisotopic (exact) mass is 131 g/mol. The number of nitrogens with two attached hydrogens (primary N) is 1. The normalized spacial score (nSPS) is 9.50. The van der Waals surface area contributed by atoms with Gasteiger partial charge in [0, 0.05) is 0 Å². The lowest BCUT2D eigenvalue weighted by atomic mass is 10.6. The summed E-state index contributed by atoms with van der Waals surface area (Å²) in [5.41, 5.74) is 5.89. The Morgan fingerprint density at radius 3 is 3.38 bits per heavy atom. The molecule has 0 spiro atoms. The maximum absolute atomic E-state index is 5.31. The van der Waals surface area contributed by atoms with Crippen LogP contribution in [0, 0.1) is 0 Å². The highest BCUT2D eigenvalue weighted by atomic mass is 31.1. The molecule has 1 unspecified atom stereocenters. The fraction of sp³-hybridized carbons (Fsp3) is 0. The summed E-state index contributed by atoms with van der Waals surface area (Å²) in [6, 6.07) is 1.74. The van der Waals surface area contributed by atoms with Crippen molar-refractivity contribution in [3.8, 4) is 0 Å². The first kappa shape index (κ1) is 5.32. The number of hydrogen-bond acceptors (Lipinski definition) is 3. The van der Waals surface area contributed by atoms with E-state index >= 15 is 0 Å². The first-order chi connectivity index (χ1) is 3.89. The van der Waals surface area contributed by atoms with Gasteiger partial charge in [0.25, 0.3) is 0 Å². The number of rotatable bonds is 0. The van der Waals surface area contributed by atoms with Gasteiger partial charge in [0.2, 0.25) is 0 Å². The minimum Gasteiger partial charge on any atom is -0.396 e. The molecule has 1 aromatic heterocycles. The van der Waals surface area contributed by atoms with Gasteiger partial charge in [-0.2, -0.15) is 0 Å². The van der Waals surface area contributed by atoms with Crippen molar-refractivity contribution in [2.45, 2.75) is 0 Å². The van der Waals surface area contributed by atoms with E-state index in [0.717, 1.165) is 0 Å². The quantitative estimate of drug-likeness (QED) is 0.544. The van der Waals surface area contributed by atoms with Gasteiger partial charge in [0.05, 0.1) is 14.1 Å². The largest absolute Gasteiger partial charge is 0.396 e. The second kappa shape index (κ2) is 2.48. The molecule has 0 bridgehead atoms. The Morgan fingerprint density at radius 1 is 1.62 bits per heavy atom. The summed E-state index contributed by atoms with van der Waals surface area (Å²) >= 11 is 0. The molecule has 0 saturated carbocycles. The summed E-state index contributed by atoms with van der Waals surface area (Å²) in [7, 11) is 0.246. The number of nitrogen functional groups attached to an aromatic ring is 1. The third-order valence-electron chi connectivity index (χ3n) is 0.624. The molecule has 0 fully saturated rings. The fourth-order valence-corrected chi connectivity index (χ4v) is 0.724. The van der Waals surface area contributed by atoms with Crippen molar-refractivity contribution < 1.29 is 8.93 Å². The molecule has 1 rings (SSSR count). The maximum atomic E-state index is 5.31. The van der Waals surface area contributed by atoms with Gasteiger partial charge in [-0.25, -0.2) is 0 Å². The van der Waals surface area contributed by atoms with Crippen molar-refractivity contribution in [2.24, 2.45) is 0 Å². The van der Waals surface area contributed by atoms with E-state index < -0.39 is 0 Å². The summed E-state index contributed by atoms with van der Waals surface area (Å²) in [5, 5.41) is 0. The van der Waals surface area contributed by atoms with Crippen molar-refractivity contribution >= 4 is 14.1 Å². The van der Waals surface area contributed by atoms with Crippen LogP contribution in [0.4, 0.5) is 5.69 Å². The Hall–Kier alpha value is -0.820. The summed E-state index contributed by atoms with van der Waals surface area (Å²) in [6.07, 6.45) is 1.36. The van der Waals surface area contributed by atoms with Crippen LogP contribution in [-0.2, 0) is 0 Å². The van der Waals surface area contributed by atoms with E-state index in [2.05, 4.69) is 8.93 Å². The summed E-state index contributed by atoms with van der Waals surface area (Å²) in [6.45, 7) is 0. The molecule has 1 atom stereocenters. The first-order valence-corrected chi connectivity index (χ1v) is 3.08. The molecule has 8 heavy (non-hydrogen) atoms. The van der Waals surface area contributed by atoms with Crippen LogP contribution in [0.3, 0.4) is 0 Å². The molecule has 2 N–H and O–H groups in total. The van der Waals surface area contributed by atoms with Crippen molar-refractivity contribution in [1.29, 1.82) is 0 Å². The van der Waals surface area contributed by atoms with Gasteiger partial charge in [-0.05, 0) is 11.9 Å². The molecule has 4 heteroatoms. The van der Waals surface area contributed by atoms with Gasteiger partial charge in [0.15, 0.2) is 6.26 Å². The minimum atomic E-state index is 0.246. The third kappa shape index (κ3) is 1.35. The zero-order valence-corrected chi connectivity index (χ0v) is 5.13. The molecule has 0 amide bonds. The molecule has 0 saturated heterocycles. The molecular weight excluding hydrogens is 125 g/mol. The van der Waals surface area contributed by atoms with E-state index in [-0.39, 0.29) is 8.43 Å². The van der Waals surface area contributed by atoms with Crippen molar-refractivity contribution in [3.63, 3.8) is 0 Å². The molecule has 0 aliphatic heterocycles. The Kier molecular flexibility index (Phi) is 1.65. The average molecular weight is 131 g/mol. The smallest absolute Gasteiger partial charge is 0.166 e. The Bertz CT molecular complexity index is 168. The zero-order valence-electron chi connectivity index (χ0n) is 4.13. The van der Waals surface area contributed by atoms with Gasteiger partial charge in [-0.3, -0.25) is 8.93 Å². The van der Waals surface area contributed by atoms with E-state index in [1.807, 2.05) is 0 Å². The van der Waals surface area contributed by atoms with Gasteiger partial charge < -0.3 is 5.73 Å². The number of hydrogen-bond donors (Lipinski definition) is 1. The Balaban J connectivity index is 3.12. The SMILES string of the molecule is Nc1cc[pH]ooc1. The molecule has 1 heterocycles.